The van der Waals surface area contributed by atoms with Gasteiger partial charge in [-0.25, -0.2) is 4.79 Å². The van der Waals surface area contributed by atoms with Crippen molar-refractivity contribution in [3.8, 4) is 12.0 Å². The molecule has 0 aliphatic heterocycles. The Bertz CT molecular complexity index is 178. The van der Waals surface area contributed by atoms with Gasteiger partial charge in [0.05, 0.1) is 6.54 Å². The summed E-state index contributed by atoms with van der Waals surface area (Å²) in [5, 5.41) is 5.23. The van der Waals surface area contributed by atoms with E-state index in [0.29, 0.717) is 6.54 Å². The summed E-state index contributed by atoms with van der Waals surface area (Å²) in [6, 6.07) is 2.48. The van der Waals surface area contributed by atoms with Gasteiger partial charge < -0.3 is 15.5 Å². The Balaban J connectivity index is 3.47. The molecule has 0 atom stereocenters. The number of amides is 2. The van der Waals surface area contributed by atoms with Crippen LogP contribution in [0.2, 0.25) is 0 Å². The molecule has 0 saturated carbocycles. The molecule has 0 aromatic rings. The number of carbonyl (C=O) groups is 1. The molecule has 0 unspecified atom stereocenters. The molecular formula is C7H13N3O. The van der Waals surface area contributed by atoms with Gasteiger partial charge in [-0.3, -0.25) is 0 Å². The molecule has 0 heterocycles. The molecule has 0 aromatic heterocycles. The molecular weight excluding hydrogens is 142 g/mol. The average Bonchev–Trinajstić information content (AvgIpc) is 1.97. The summed E-state index contributed by atoms with van der Waals surface area (Å²) in [5.41, 5.74) is 0. The van der Waals surface area contributed by atoms with Gasteiger partial charge in [-0.1, -0.05) is 5.92 Å². The van der Waals surface area contributed by atoms with Crippen LogP contribution in [0.4, 0.5) is 4.79 Å². The summed E-state index contributed by atoms with van der Waals surface area (Å²) in [5.74, 6) is 2.70. The summed E-state index contributed by atoms with van der Waals surface area (Å²) in [7, 11) is 5.09. The topological polar surface area (TPSA) is 44.4 Å². The first kappa shape index (κ1) is 9.63. The molecule has 4 heteroatoms. The smallest absolute Gasteiger partial charge is 0.317 e. The average molecular weight is 155 g/mol. The highest BCUT2D eigenvalue weighted by Gasteiger charge is 1.97. The molecule has 2 N–H and O–H groups in total. The van der Waals surface area contributed by atoms with Gasteiger partial charge in [0.1, 0.15) is 0 Å². The Morgan fingerprint density at radius 1 is 1.55 bits per heavy atom. The molecule has 0 spiro atoms. The first-order valence-electron chi connectivity index (χ1n) is 3.28. The summed E-state index contributed by atoms with van der Waals surface area (Å²) in [6.45, 7) is 0.373. The highest BCUT2D eigenvalue weighted by atomic mass is 16.2. The number of nitrogens with zero attached hydrogens (tertiary/aromatic N) is 1. The number of urea groups is 1. The third-order valence-corrected chi connectivity index (χ3v) is 0.948. The molecule has 0 radical (unpaired) electrons. The molecule has 0 aliphatic rings. The van der Waals surface area contributed by atoms with Crippen LogP contribution in [0.15, 0.2) is 0 Å². The third kappa shape index (κ3) is 5.09. The van der Waals surface area contributed by atoms with Crippen LogP contribution in [-0.4, -0.2) is 38.6 Å². The Morgan fingerprint density at radius 2 is 2.18 bits per heavy atom. The number of hydrogen-bond donors (Lipinski definition) is 2. The summed E-state index contributed by atoms with van der Waals surface area (Å²) in [6.07, 6.45) is 0. The van der Waals surface area contributed by atoms with Crippen LogP contribution < -0.4 is 10.6 Å². The fourth-order valence-electron chi connectivity index (χ4n) is 0.411. The number of carbonyl (C=O) groups excluding carboxylic acids is 1. The zero-order valence-electron chi connectivity index (χ0n) is 7.06. The molecule has 0 bridgehead atoms. The predicted molar refractivity (Wildman–Crippen MR) is 43.9 cm³/mol. The van der Waals surface area contributed by atoms with Crippen molar-refractivity contribution in [2.45, 2.75) is 0 Å². The van der Waals surface area contributed by atoms with Crippen LogP contribution in [0.5, 0.6) is 0 Å². The molecule has 0 aromatic carbocycles. The van der Waals surface area contributed by atoms with E-state index in [9.17, 15) is 4.79 Å². The van der Waals surface area contributed by atoms with Crippen molar-refractivity contribution in [1.29, 1.82) is 0 Å². The van der Waals surface area contributed by atoms with E-state index < -0.39 is 0 Å². The van der Waals surface area contributed by atoms with Gasteiger partial charge in [-0.2, -0.15) is 0 Å². The second-order valence-electron chi connectivity index (χ2n) is 2.10. The predicted octanol–water partition coefficient (Wildman–Crippen LogP) is -0.562. The highest BCUT2D eigenvalue weighted by Crippen LogP contribution is 1.73. The van der Waals surface area contributed by atoms with E-state index in [1.165, 1.54) is 4.90 Å². The lowest BCUT2D eigenvalue weighted by atomic mass is 10.6. The van der Waals surface area contributed by atoms with Gasteiger partial charge in [0.15, 0.2) is 0 Å². The molecule has 11 heavy (non-hydrogen) atoms. The third-order valence-electron chi connectivity index (χ3n) is 0.948. The lowest BCUT2D eigenvalue weighted by molar-refractivity contribution is 0.219. The quantitative estimate of drug-likeness (QED) is 0.394. The minimum absolute atomic E-state index is 0.129. The monoisotopic (exact) mass is 155 g/mol. The Labute approximate surface area is 66.9 Å². The first-order valence-corrected chi connectivity index (χ1v) is 3.28. The van der Waals surface area contributed by atoms with Gasteiger partial charge in [0.2, 0.25) is 0 Å². The van der Waals surface area contributed by atoms with Gasteiger partial charge in [-0.15, -0.1) is 0 Å². The van der Waals surface area contributed by atoms with Crippen molar-refractivity contribution in [2.24, 2.45) is 0 Å². The zero-order valence-corrected chi connectivity index (χ0v) is 7.06. The first-order chi connectivity index (χ1) is 5.18. The maximum Gasteiger partial charge on any atom is 0.317 e. The molecule has 4 nitrogen and oxygen atoms in total. The second-order valence-corrected chi connectivity index (χ2v) is 2.10. The molecule has 0 rings (SSSR count). The van der Waals surface area contributed by atoms with Crippen molar-refractivity contribution >= 4 is 6.03 Å². The maximum absolute atomic E-state index is 10.8. The zero-order chi connectivity index (χ0) is 8.69. The maximum atomic E-state index is 10.8. The Hall–Kier alpha value is -1.37. The molecule has 62 valence electrons. The summed E-state index contributed by atoms with van der Waals surface area (Å²) < 4.78 is 0. The second kappa shape index (κ2) is 5.42. The van der Waals surface area contributed by atoms with E-state index in [2.05, 4.69) is 22.6 Å². The molecule has 0 fully saturated rings. The summed E-state index contributed by atoms with van der Waals surface area (Å²) >= 11 is 0. The Kier molecular flexibility index (Phi) is 4.74. The van der Waals surface area contributed by atoms with Gasteiger partial charge in [0.25, 0.3) is 0 Å². The van der Waals surface area contributed by atoms with Crippen molar-refractivity contribution in [3.05, 3.63) is 0 Å². The van der Waals surface area contributed by atoms with Crippen LogP contribution in [0.3, 0.4) is 0 Å². The van der Waals surface area contributed by atoms with E-state index in [-0.39, 0.29) is 6.03 Å². The van der Waals surface area contributed by atoms with E-state index in [4.69, 9.17) is 0 Å². The van der Waals surface area contributed by atoms with Crippen LogP contribution in [0.1, 0.15) is 0 Å². The van der Waals surface area contributed by atoms with Crippen molar-refractivity contribution in [1.82, 2.24) is 15.5 Å². The Morgan fingerprint density at radius 3 is 2.64 bits per heavy atom. The largest absolute Gasteiger partial charge is 0.349 e. The van der Waals surface area contributed by atoms with Crippen LogP contribution in [0, 0.1) is 12.0 Å². The minimum atomic E-state index is -0.129. The van der Waals surface area contributed by atoms with Gasteiger partial charge in [-0.05, 0) is 0 Å². The van der Waals surface area contributed by atoms with E-state index in [1.54, 1.807) is 21.1 Å². The van der Waals surface area contributed by atoms with Crippen LogP contribution >= 0.6 is 0 Å². The lowest BCUT2D eigenvalue weighted by Gasteiger charge is -2.08. The fourth-order valence-corrected chi connectivity index (χ4v) is 0.411. The van der Waals surface area contributed by atoms with E-state index in [1.807, 2.05) is 0 Å². The SMILES string of the molecule is CNC#CCNC(=O)N(C)C. The number of rotatable bonds is 1. The molecule has 0 aliphatic carbocycles. The number of hydrogen-bond acceptors (Lipinski definition) is 2. The molecule has 0 saturated heterocycles. The van der Waals surface area contributed by atoms with E-state index >= 15 is 0 Å². The van der Waals surface area contributed by atoms with Gasteiger partial charge in [0, 0.05) is 27.2 Å². The molecule has 2 amide bonds. The van der Waals surface area contributed by atoms with Crippen molar-refractivity contribution < 1.29 is 4.79 Å². The fraction of sp³-hybridized carbons (Fsp3) is 0.571. The van der Waals surface area contributed by atoms with Crippen LogP contribution in [-0.2, 0) is 0 Å². The standard InChI is InChI=1S/C7H13N3O/c1-8-5-4-6-9-7(11)10(2)3/h8H,6H2,1-3H3,(H,9,11). The van der Waals surface area contributed by atoms with Crippen LogP contribution in [0.25, 0.3) is 0 Å². The van der Waals surface area contributed by atoms with Gasteiger partial charge >= 0.3 is 6.03 Å². The lowest BCUT2D eigenvalue weighted by Crippen LogP contribution is -2.34. The normalized spacial score (nSPS) is 7.55. The number of nitrogens with one attached hydrogen (secondary N) is 2. The highest BCUT2D eigenvalue weighted by molar-refractivity contribution is 5.73. The van der Waals surface area contributed by atoms with Crippen molar-refractivity contribution in [3.63, 3.8) is 0 Å². The summed E-state index contributed by atoms with van der Waals surface area (Å²) in [4.78, 5) is 12.3. The van der Waals surface area contributed by atoms with Crippen molar-refractivity contribution in [2.75, 3.05) is 27.7 Å². The van der Waals surface area contributed by atoms with E-state index in [0.717, 1.165) is 0 Å². The minimum Gasteiger partial charge on any atom is -0.349 e.